The molecule has 0 saturated carbocycles. The number of sulfonamides is 1. The first-order valence-corrected chi connectivity index (χ1v) is 9.60. The van der Waals surface area contributed by atoms with Crippen molar-refractivity contribution in [2.24, 2.45) is 0 Å². The Bertz CT molecular complexity index is 741. The predicted molar refractivity (Wildman–Crippen MR) is 89.0 cm³/mol. The van der Waals surface area contributed by atoms with Crippen LogP contribution in [0.3, 0.4) is 0 Å². The molecule has 8 heteroatoms. The minimum absolute atomic E-state index is 0.119. The molecule has 0 atom stereocenters. The third-order valence-corrected chi connectivity index (χ3v) is 5.71. The van der Waals surface area contributed by atoms with Crippen molar-refractivity contribution in [1.29, 1.82) is 0 Å². The first kappa shape index (κ1) is 17.0. The highest BCUT2D eigenvalue weighted by molar-refractivity contribution is 7.99. The second-order valence-corrected chi connectivity index (χ2v) is 7.98. The molecule has 1 heterocycles. The Morgan fingerprint density at radius 2 is 1.95 bits per heavy atom. The van der Waals surface area contributed by atoms with Gasteiger partial charge in [0.05, 0.1) is 11.4 Å². The summed E-state index contributed by atoms with van der Waals surface area (Å²) in [5.74, 6) is 1.61. The van der Waals surface area contributed by atoms with Crippen molar-refractivity contribution in [3.63, 3.8) is 0 Å². The fourth-order valence-electron chi connectivity index (χ4n) is 2.04. The Hall–Kier alpha value is -1.38. The van der Waals surface area contributed by atoms with Crippen LogP contribution in [0.25, 0.3) is 5.69 Å². The minimum Gasteiger partial charge on any atom is -0.274 e. The lowest BCUT2D eigenvalue weighted by atomic mass is 10.2. The van der Waals surface area contributed by atoms with E-state index in [0.29, 0.717) is 12.2 Å². The Kier molecular flexibility index (Phi) is 5.60. The van der Waals surface area contributed by atoms with E-state index in [1.54, 1.807) is 0 Å². The summed E-state index contributed by atoms with van der Waals surface area (Å²) in [6.07, 6.45) is 0.563. The molecule has 0 aliphatic rings. The number of para-hydroxylation sites is 1. The second kappa shape index (κ2) is 7.26. The van der Waals surface area contributed by atoms with Gasteiger partial charge in [0.1, 0.15) is 5.82 Å². The Balaban J connectivity index is 2.09. The molecule has 0 saturated heterocycles. The molecule has 0 aliphatic carbocycles. The lowest BCUT2D eigenvalue weighted by Crippen LogP contribution is -2.22. The summed E-state index contributed by atoms with van der Waals surface area (Å²) in [6, 6.07) is 8.05. The number of thioether (sulfide) groups is 1. The van der Waals surface area contributed by atoms with Gasteiger partial charge in [0.2, 0.25) is 10.0 Å². The van der Waals surface area contributed by atoms with E-state index in [1.165, 1.54) is 18.8 Å². The van der Waals surface area contributed by atoms with Crippen LogP contribution < -0.4 is 4.72 Å². The number of rotatable bonds is 7. The molecule has 1 N–H and O–H groups in total. The van der Waals surface area contributed by atoms with E-state index in [9.17, 15) is 8.42 Å². The van der Waals surface area contributed by atoms with Crippen LogP contribution in [-0.2, 0) is 10.0 Å². The molecule has 0 unspecified atom stereocenters. The fraction of sp³-hybridized carbons (Fsp3) is 0.429. The van der Waals surface area contributed by atoms with E-state index in [-0.39, 0.29) is 5.75 Å². The monoisotopic (exact) mass is 340 g/mol. The zero-order valence-electron chi connectivity index (χ0n) is 12.9. The molecule has 0 aliphatic heterocycles. The Labute approximate surface area is 135 Å². The maximum Gasteiger partial charge on any atom is 0.211 e. The van der Waals surface area contributed by atoms with Gasteiger partial charge in [-0.25, -0.2) is 13.1 Å². The number of aryl methyl sites for hydroxylation is 2. The van der Waals surface area contributed by atoms with E-state index in [1.807, 2.05) is 42.7 Å². The first-order valence-electron chi connectivity index (χ1n) is 6.96. The van der Waals surface area contributed by atoms with Gasteiger partial charge in [0, 0.05) is 5.75 Å². The summed E-state index contributed by atoms with van der Waals surface area (Å²) in [5.41, 5.74) is 2.19. The lowest BCUT2D eigenvalue weighted by Gasteiger charge is -2.11. The zero-order valence-corrected chi connectivity index (χ0v) is 14.5. The van der Waals surface area contributed by atoms with Crippen molar-refractivity contribution < 1.29 is 8.42 Å². The molecule has 0 amide bonds. The van der Waals surface area contributed by atoms with Gasteiger partial charge in [-0.2, -0.15) is 0 Å². The summed E-state index contributed by atoms with van der Waals surface area (Å²) in [7, 11) is -1.71. The molecule has 0 radical (unpaired) electrons. The maximum atomic E-state index is 11.4. The second-order valence-electron chi connectivity index (χ2n) is 4.88. The normalized spacial score (nSPS) is 11.8. The van der Waals surface area contributed by atoms with Gasteiger partial charge < -0.3 is 0 Å². The Morgan fingerprint density at radius 3 is 2.64 bits per heavy atom. The topological polar surface area (TPSA) is 76.9 Å². The van der Waals surface area contributed by atoms with Crippen LogP contribution in [0.2, 0.25) is 0 Å². The van der Waals surface area contributed by atoms with Crippen LogP contribution in [0, 0.1) is 13.8 Å². The molecule has 0 spiro atoms. The lowest BCUT2D eigenvalue weighted by molar-refractivity contribution is 0.587. The molecule has 2 rings (SSSR count). The Morgan fingerprint density at radius 1 is 1.23 bits per heavy atom. The van der Waals surface area contributed by atoms with Crippen molar-refractivity contribution in [3.05, 3.63) is 35.7 Å². The van der Waals surface area contributed by atoms with Gasteiger partial charge in [-0.3, -0.25) is 4.57 Å². The van der Waals surface area contributed by atoms with E-state index < -0.39 is 10.0 Å². The van der Waals surface area contributed by atoms with Crippen molar-refractivity contribution >= 4 is 21.8 Å². The highest BCUT2D eigenvalue weighted by atomic mass is 32.2. The summed E-state index contributed by atoms with van der Waals surface area (Å²) in [5, 5.41) is 9.12. The van der Waals surface area contributed by atoms with Gasteiger partial charge in [-0.1, -0.05) is 30.0 Å². The SMILES string of the molecule is CNS(=O)(=O)CCCSc1nnc(C)n1-c1ccccc1C. The highest BCUT2D eigenvalue weighted by Crippen LogP contribution is 2.24. The number of benzene rings is 1. The molecule has 0 fully saturated rings. The van der Waals surface area contributed by atoms with Crippen LogP contribution in [-0.4, -0.2) is 41.7 Å². The molecule has 120 valence electrons. The molecular formula is C14H20N4O2S2. The summed E-state index contributed by atoms with van der Waals surface area (Å²) >= 11 is 1.52. The standard InChI is InChI=1S/C14H20N4O2S2/c1-11-7-4-5-8-13(11)18-12(2)16-17-14(18)21-9-6-10-22(19,20)15-3/h4-5,7-8,15H,6,9-10H2,1-3H3. The van der Waals surface area contributed by atoms with Crippen LogP contribution in [0.1, 0.15) is 17.8 Å². The van der Waals surface area contributed by atoms with Gasteiger partial charge in [-0.05, 0) is 38.9 Å². The maximum absolute atomic E-state index is 11.4. The summed E-state index contributed by atoms with van der Waals surface area (Å²) in [4.78, 5) is 0. The smallest absolute Gasteiger partial charge is 0.211 e. The third kappa shape index (κ3) is 4.08. The molecule has 22 heavy (non-hydrogen) atoms. The molecule has 6 nitrogen and oxygen atoms in total. The van der Waals surface area contributed by atoms with E-state index in [0.717, 1.165) is 22.2 Å². The summed E-state index contributed by atoms with van der Waals surface area (Å²) in [6.45, 7) is 3.96. The highest BCUT2D eigenvalue weighted by Gasteiger charge is 2.13. The van der Waals surface area contributed by atoms with Crippen LogP contribution in [0.15, 0.2) is 29.4 Å². The first-order chi connectivity index (χ1) is 10.4. The zero-order chi connectivity index (χ0) is 16.2. The summed E-state index contributed by atoms with van der Waals surface area (Å²) < 4.78 is 27.1. The van der Waals surface area contributed by atoms with Crippen molar-refractivity contribution in [2.75, 3.05) is 18.6 Å². The van der Waals surface area contributed by atoms with Crippen molar-refractivity contribution in [3.8, 4) is 5.69 Å². The number of nitrogens with one attached hydrogen (secondary N) is 1. The van der Waals surface area contributed by atoms with Crippen LogP contribution in [0.5, 0.6) is 0 Å². The largest absolute Gasteiger partial charge is 0.274 e. The molecule has 1 aromatic heterocycles. The number of hydrogen-bond acceptors (Lipinski definition) is 5. The van der Waals surface area contributed by atoms with E-state index >= 15 is 0 Å². The molecule has 0 bridgehead atoms. The van der Waals surface area contributed by atoms with Gasteiger partial charge in [0.15, 0.2) is 5.16 Å². The predicted octanol–water partition coefficient (Wildman–Crippen LogP) is 1.92. The van der Waals surface area contributed by atoms with Gasteiger partial charge >= 0.3 is 0 Å². The average Bonchev–Trinajstić information content (AvgIpc) is 2.85. The fourth-order valence-corrected chi connectivity index (χ4v) is 3.88. The number of nitrogens with zero attached hydrogens (tertiary/aromatic N) is 3. The average molecular weight is 340 g/mol. The number of aromatic nitrogens is 3. The number of hydrogen-bond donors (Lipinski definition) is 1. The van der Waals surface area contributed by atoms with Gasteiger partial charge in [0.25, 0.3) is 0 Å². The van der Waals surface area contributed by atoms with Crippen molar-refractivity contribution in [2.45, 2.75) is 25.4 Å². The van der Waals surface area contributed by atoms with Gasteiger partial charge in [-0.15, -0.1) is 10.2 Å². The molecule has 2 aromatic rings. The third-order valence-electron chi connectivity index (χ3n) is 3.25. The van der Waals surface area contributed by atoms with E-state index in [4.69, 9.17) is 0 Å². The van der Waals surface area contributed by atoms with Crippen LogP contribution >= 0.6 is 11.8 Å². The molecular weight excluding hydrogens is 320 g/mol. The van der Waals surface area contributed by atoms with E-state index in [2.05, 4.69) is 14.9 Å². The van der Waals surface area contributed by atoms with Crippen LogP contribution in [0.4, 0.5) is 0 Å². The van der Waals surface area contributed by atoms with Crippen molar-refractivity contribution in [1.82, 2.24) is 19.5 Å². The molecule has 1 aromatic carbocycles. The minimum atomic E-state index is -3.14. The quantitative estimate of drug-likeness (QED) is 0.615.